The lowest BCUT2D eigenvalue weighted by Gasteiger charge is -2.36. The van der Waals surface area contributed by atoms with E-state index in [9.17, 15) is 0 Å². The normalized spacial score (nSPS) is 42.0. The Morgan fingerprint density at radius 3 is 2.79 bits per heavy atom. The first-order valence-corrected chi connectivity index (χ1v) is 5.80. The van der Waals surface area contributed by atoms with E-state index in [4.69, 9.17) is 9.47 Å². The third-order valence-corrected chi connectivity index (χ3v) is 4.02. The van der Waals surface area contributed by atoms with Crippen molar-refractivity contribution in [2.24, 2.45) is 5.92 Å². The van der Waals surface area contributed by atoms with Gasteiger partial charge in [-0.05, 0) is 52.9 Å². The van der Waals surface area contributed by atoms with Gasteiger partial charge in [-0.1, -0.05) is 0 Å². The predicted octanol–water partition coefficient (Wildman–Crippen LogP) is 2.76. The van der Waals surface area contributed by atoms with Crippen molar-refractivity contribution in [2.75, 3.05) is 6.61 Å². The van der Waals surface area contributed by atoms with Crippen LogP contribution in [0.3, 0.4) is 0 Å². The van der Waals surface area contributed by atoms with Crippen molar-refractivity contribution < 1.29 is 9.47 Å². The summed E-state index contributed by atoms with van der Waals surface area (Å²) < 4.78 is 11.5. The summed E-state index contributed by atoms with van der Waals surface area (Å²) in [6.45, 7) is 9.55. The molecule has 0 radical (unpaired) electrons. The molecule has 0 aromatic rings. The third-order valence-electron chi connectivity index (χ3n) is 4.02. The highest BCUT2D eigenvalue weighted by Gasteiger charge is 2.57. The van der Waals surface area contributed by atoms with Crippen LogP contribution in [0.4, 0.5) is 0 Å². The summed E-state index contributed by atoms with van der Waals surface area (Å²) in [4.78, 5) is 0. The van der Waals surface area contributed by atoms with Gasteiger partial charge in [-0.2, -0.15) is 0 Å². The number of rotatable bonds is 3. The molecule has 2 rings (SSSR count). The van der Waals surface area contributed by atoms with E-state index in [-0.39, 0.29) is 11.2 Å². The minimum Gasteiger partial charge on any atom is -0.376 e. The van der Waals surface area contributed by atoms with Gasteiger partial charge < -0.3 is 9.47 Å². The Labute approximate surface area is 87.0 Å². The quantitative estimate of drug-likeness (QED) is 0.650. The summed E-state index contributed by atoms with van der Waals surface area (Å²) in [7, 11) is 0. The van der Waals surface area contributed by atoms with Crippen molar-refractivity contribution in [3.63, 3.8) is 0 Å². The molecule has 0 aromatic heterocycles. The van der Waals surface area contributed by atoms with Gasteiger partial charge in [-0.3, -0.25) is 0 Å². The number of hydrogen-bond acceptors (Lipinski definition) is 2. The average Bonchev–Trinajstić information content (AvgIpc) is 2.74. The number of epoxide rings is 1. The first kappa shape index (κ1) is 10.4. The van der Waals surface area contributed by atoms with E-state index in [1.165, 1.54) is 19.3 Å². The molecule has 14 heavy (non-hydrogen) atoms. The van der Waals surface area contributed by atoms with Gasteiger partial charge in [0.1, 0.15) is 0 Å². The summed E-state index contributed by atoms with van der Waals surface area (Å²) in [5, 5.41) is 0. The van der Waals surface area contributed by atoms with Crippen molar-refractivity contribution in [3.8, 4) is 0 Å². The summed E-state index contributed by atoms with van der Waals surface area (Å²) in [6.07, 6.45) is 4.16. The maximum absolute atomic E-state index is 5.81. The van der Waals surface area contributed by atoms with Crippen LogP contribution in [0.5, 0.6) is 0 Å². The van der Waals surface area contributed by atoms with Gasteiger partial charge in [-0.15, -0.1) is 0 Å². The molecule has 1 saturated carbocycles. The predicted molar refractivity (Wildman–Crippen MR) is 56.3 cm³/mol. The van der Waals surface area contributed by atoms with Gasteiger partial charge in [0, 0.05) is 6.61 Å². The molecule has 0 aromatic carbocycles. The smallest absolute Gasteiger partial charge is 0.0920 e. The largest absolute Gasteiger partial charge is 0.376 e. The van der Waals surface area contributed by atoms with E-state index < -0.39 is 0 Å². The van der Waals surface area contributed by atoms with E-state index in [2.05, 4.69) is 27.7 Å². The van der Waals surface area contributed by atoms with E-state index in [0.29, 0.717) is 12.0 Å². The molecule has 82 valence electrons. The Hall–Kier alpha value is -0.0800. The first-order chi connectivity index (χ1) is 6.48. The molecule has 2 nitrogen and oxygen atoms in total. The fraction of sp³-hybridized carbons (Fsp3) is 1.00. The van der Waals surface area contributed by atoms with Crippen molar-refractivity contribution in [1.82, 2.24) is 0 Å². The monoisotopic (exact) mass is 198 g/mol. The van der Waals surface area contributed by atoms with Crippen molar-refractivity contribution in [2.45, 2.75) is 64.3 Å². The Kier molecular flexibility index (Phi) is 2.39. The van der Waals surface area contributed by atoms with Crippen LogP contribution in [0.15, 0.2) is 0 Å². The first-order valence-electron chi connectivity index (χ1n) is 5.80. The summed E-state index contributed by atoms with van der Waals surface area (Å²) in [6, 6.07) is 0. The van der Waals surface area contributed by atoms with Gasteiger partial charge in [0.2, 0.25) is 0 Å². The highest BCUT2D eigenvalue weighted by molar-refractivity contribution is 5.05. The molecule has 2 aliphatic rings. The fourth-order valence-corrected chi connectivity index (χ4v) is 2.77. The summed E-state index contributed by atoms with van der Waals surface area (Å²) in [5.41, 5.74) is 0.265. The van der Waals surface area contributed by atoms with Gasteiger partial charge in [-0.25, -0.2) is 0 Å². The van der Waals surface area contributed by atoms with Gasteiger partial charge >= 0.3 is 0 Å². The van der Waals surface area contributed by atoms with Crippen molar-refractivity contribution in [1.29, 1.82) is 0 Å². The minimum absolute atomic E-state index is 0.0298. The SMILES string of the molecule is CCOC(C)(C)C1CCC2(C)OC2C1. The zero-order valence-corrected chi connectivity index (χ0v) is 9.80. The molecule has 3 unspecified atom stereocenters. The molecule has 1 heterocycles. The van der Waals surface area contributed by atoms with Gasteiger partial charge in [0.15, 0.2) is 0 Å². The zero-order valence-electron chi connectivity index (χ0n) is 9.80. The van der Waals surface area contributed by atoms with E-state index in [1.54, 1.807) is 0 Å². The maximum atomic E-state index is 5.81. The lowest BCUT2D eigenvalue weighted by Crippen LogP contribution is -2.38. The Morgan fingerprint density at radius 1 is 1.50 bits per heavy atom. The van der Waals surface area contributed by atoms with Crippen molar-refractivity contribution in [3.05, 3.63) is 0 Å². The molecule has 0 amide bonds. The number of fused-ring (bicyclic) bond motifs is 1. The molecule has 3 atom stereocenters. The maximum Gasteiger partial charge on any atom is 0.0920 e. The molecule has 1 aliphatic heterocycles. The molecule has 1 saturated heterocycles. The van der Waals surface area contributed by atoms with Crippen LogP contribution in [-0.4, -0.2) is 23.9 Å². The molecule has 0 bridgehead atoms. The van der Waals surface area contributed by atoms with Gasteiger partial charge in [0.05, 0.1) is 17.3 Å². The van der Waals surface area contributed by atoms with Crippen LogP contribution >= 0.6 is 0 Å². The van der Waals surface area contributed by atoms with Crippen LogP contribution in [0, 0.1) is 5.92 Å². The number of ether oxygens (including phenoxy) is 2. The van der Waals surface area contributed by atoms with Crippen LogP contribution in [0.1, 0.15) is 47.0 Å². The standard InChI is InChI=1S/C12H22O2/c1-5-13-11(2,3)9-6-7-12(4)10(8-9)14-12/h9-10H,5-8H2,1-4H3. The highest BCUT2D eigenvalue weighted by Crippen LogP contribution is 2.51. The molecular formula is C12H22O2. The molecule has 0 N–H and O–H groups in total. The average molecular weight is 198 g/mol. The Bertz CT molecular complexity index is 224. The van der Waals surface area contributed by atoms with E-state index in [0.717, 1.165) is 6.61 Å². The van der Waals surface area contributed by atoms with E-state index >= 15 is 0 Å². The minimum atomic E-state index is 0.0298. The second-order valence-electron chi connectivity index (χ2n) is 5.43. The van der Waals surface area contributed by atoms with Gasteiger partial charge in [0.25, 0.3) is 0 Å². The molecule has 1 aliphatic carbocycles. The Morgan fingerprint density at radius 2 is 2.21 bits per heavy atom. The lowest BCUT2D eigenvalue weighted by atomic mass is 9.75. The van der Waals surface area contributed by atoms with Crippen LogP contribution < -0.4 is 0 Å². The Balaban J connectivity index is 1.94. The second kappa shape index (κ2) is 3.21. The topological polar surface area (TPSA) is 21.8 Å². The third kappa shape index (κ3) is 1.70. The number of hydrogen-bond donors (Lipinski definition) is 0. The molecule has 2 heteroatoms. The molecule has 0 spiro atoms. The van der Waals surface area contributed by atoms with Crippen LogP contribution in [-0.2, 0) is 9.47 Å². The van der Waals surface area contributed by atoms with Crippen LogP contribution in [0.2, 0.25) is 0 Å². The zero-order chi connectivity index (χ0) is 10.4. The molecular weight excluding hydrogens is 176 g/mol. The van der Waals surface area contributed by atoms with Crippen LogP contribution in [0.25, 0.3) is 0 Å². The van der Waals surface area contributed by atoms with Crippen molar-refractivity contribution >= 4 is 0 Å². The summed E-state index contributed by atoms with van der Waals surface area (Å²) >= 11 is 0. The van der Waals surface area contributed by atoms with E-state index in [1.807, 2.05) is 0 Å². The highest BCUT2D eigenvalue weighted by atomic mass is 16.6. The molecule has 2 fully saturated rings. The lowest BCUT2D eigenvalue weighted by molar-refractivity contribution is -0.0638. The fourth-order valence-electron chi connectivity index (χ4n) is 2.77. The second-order valence-corrected chi connectivity index (χ2v) is 5.43. The summed E-state index contributed by atoms with van der Waals surface area (Å²) in [5.74, 6) is 0.669.